The lowest BCUT2D eigenvalue weighted by molar-refractivity contribution is 0.460. The Bertz CT molecular complexity index is 629. The zero-order valence-electron chi connectivity index (χ0n) is 11.8. The van der Waals surface area contributed by atoms with E-state index in [1.54, 1.807) is 0 Å². The largest absolute Gasteiger partial charge is 0.437 e. The lowest BCUT2D eigenvalue weighted by atomic mass is 10.2. The van der Waals surface area contributed by atoms with Crippen molar-refractivity contribution >= 4 is 17.4 Å². The quantitative estimate of drug-likeness (QED) is 0.944. The van der Waals surface area contributed by atoms with Crippen molar-refractivity contribution in [3.05, 3.63) is 41.2 Å². The third-order valence-electron chi connectivity index (χ3n) is 3.37. The van der Waals surface area contributed by atoms with Crippen LogP contribution in [0.1, 0.15) is 5.56 Å². The van der Waals surface area contributed by atoms with E-state index in [4.69, 9.17) is 16.3 Å². The second kappa shape index (κ2) is 6.28. The molecule has 0 spiro atoms. The standard InChI is InChI=1S/C15H17ClN4O/c1-11-2-3-12(16)13(8-11)21-15-9-14(18-10-19-15)20-6-4-17-5-7-20/h2-3,8-10,17H,4-7H2,1H3. The van der Waals surface area contributed by atoms with E-state index < -0.39 is 0 Å². The Morgan fingerprint density at radius 2 is 2.00 bits per heavy atom. The van der Waals surface area contributed by atoms with Crippen molar-refractivity contribution in [3.8, 4) is 11.6 Å². The number of anilines is 1. The summed E-state index contributed by atoms with van der Waals surface area (Å²) in [5.41, 5.74) is 1.09. The zero-order valence-corrected chi connectivity index (χ0v) is 12.6. The summed E-state index contributed by atoms with van der Waals surface area (Å²) in [6.45, 7) is 5.78. The number of halogens is 1. The minimum absolute atomic E-state index is 0.506. The summed E-state index contributed by atoms with van der Waals surface area (Å²) in [5, 5.41) is 3.89. The van der Waals surface area contributed by atoms with Gasteiger partial charge in [0, 0.05) is 32.2 Å². The number of benzene rings is 1. The summed E-state index contributed by atoms with van der Waals surface area (Å²) < 4.78 is 5.80. The Labute approximate surface area is 128 Å². The third-order valence-corrected chi connectivity index (χ3v) is 3.68. The topological polar surface area (TPSA) is 50.3 Å². The monoisotopic (exact) mass is 304 g/mol. The van der Waals surface area contributed by atoms with Crippen LogP contribution >= 0.6 is 11.6 Å². The lowest BCUT2D eigenvalue weighted by Crippen LogP contribution is -2.43. The average Bonchev–Trinajstić information content (AvgIpc) is 2.52. The van der Waals surface area contributed by atoms with Crippen molar-refractivity contribution in [2.45, 2.75) is 6.92 Å². The van der Waals surface area contributed by atoms with Gasteiger partial charge >= 0.3 is 0 Å². The van der Waals surface area contributed by atoms with Gasteiger partial charge in [-0.3, -0.25) is 0 Å². The summed E-state index contributed by atoms with van der Waals surface area (Å²) >= 11 is 6.15. The smallest absolute Gasteiger partial charge is 0.224 e. The molecule has 0 unspecified atom stereocenters. The molecule has 1 N–H and O–H groups in total. The van der Waals surface area contributed by atoms with E-state index in [-0.39, 0.29) is 0 Å². The number of aromatic nitrogens is 2. The van der Waals surface area contributed by atoms with Crippen LogP contribution < -0.4 is 15.0 Å². The van der Waals surface area contributed by atoms with Crippen LogP contribution in [-0.4, -0.2) is 36.1 Å². The first kappa shape index (κ1) is 14.1. The lowest BCUT2D eigenvalue weighted by Gasteiger charge is -2.28. The molecule has 0 bridgehead atoms. The molecule has 0 saturated carbocycles. The SMILES string of the molecule is Cc1ccc(Cl)c(Oc2cc(N3CCNCC3)ncn2)c1. The highest BCUT2D eigenvalue weighted by atomic mass is 35.5. The Morgan fingerprint density at radius 3 is 2.81 bits per heavy atom. The zero-order chi connectivity index (χ0) is 14.7. The van der Waals surface area contributed by atoms with Crippen LogP contribution in [0.3, 0.4) is 0 Å². The van der Waals surface area contributed by atoms with Crippen molar-refractivity contribution in [2.24, 2.45) is 0 Å². The Balaban J connectivity index is 1.81. The van der Waals surface area contributed by atoms with Gasteiger partial charge in [0.2, 0.25) is 5.88 Å². The van der Waals surface area contributed by atoms with Crippen LogP contribution in [0.5, 0.6) is 11.6 Å². The van der Waals surface area contributed by atoms with Gasteiger partial charge < -0.3 is 15.0 Å². The first-order valence-electron chi connectivity index (χ1n) is 6.94. The normalized spacial score (nSPS) is 15.0. The predicted molar refractivity (Wildman–Crippen MR) is 83.4 cm³/mol. The van der Waals surface area contributed by atoms with E-state index in [1.807, 2.05) is 31.2 Å². The van der Waals surface area contributed by atoms with Crippen LogP contribution in [0.4, 0.5) is 5.82 Å². The molecule has 1 aliphatic heterocycles. The summed E-state index contributed by atoms with van der Waals surface area (Å²) in [6, 6.07) is 7.52. The fourth-order valence-electron chi connectivity index (χ4n) is 2.25. The molecule has 6 heteroatoms. The van der Waals surface area contributed by atoms with Gasteiger partial charge in [-0.05, 0) is 24.6 Å². The van der Waals surface area contributed by atoms with Gasteiger partial charge in [-0.15, -0.1) is 0 Å². The molecule has 1 aromatic heterocycles. The molecule has 0 atom stereocenters. The minimum atomic E-state index is 0.506. The van der Waals surface area contributed by atoms with E-state index in [1.165, 1.54) is 6.33 Å². The summed E-state index contributed by atoms with van der Waals surface area (Å²) in [4.78, 5) is 10.7. The number of hydrogen-bond acceptors (Lipinski definition) is 5. The van der Waals surface area contributed by atoms with Crippen LogP contribution in [0.2, 0.25) is 5.02 Å². The van der Waals surface area contributed by atoms with Gasteiger partial charge in [-0.25, -0.2) is 9.97 Å². The highest BCUT2D eigenvalue weighted by molar-refractivity contribution is 6.32. The third kappa shape index (κ3) is 3.43. The molecule has 2 aromatic rings. The summed E-state index contributed by atoms with van der Waals surface area (Å²) in [5.74, 6) is 2.00. The Morgan fingerprint density at radius 1 is 1.19 bits per heavy atom. The molecule has 110 valence electrons. The molecule has 1 aliphatic rings. The molecule has 1 aromatic carbocycles. The molecule has 1 fully saturated rings. The molecule has 5 nitrogen and oxygen atoms in total. The van der Waals surface area contributed by atoms with Crippen molar-refractivity contribution in [1.82, 2.24) is 15.3 Å². The van der Waals surface area contributed by atoms with Crippen LogP contribution in [-0.2, 0) is 0 Å². The van der Waals surface area contributed by atoms with Crippen molar-refractivity contribution in [2.75, 3.05) is 31.1 Å². The molecule has 21 heavy (non-hydrogen) atoms. The molecular formula is C15H17ClN4O. The minimum Gasteiger partial charge on any atom is -0.437 e. The van der Waals surface area contributed by atoms with E-state index in [0.717, 1.165) is 37.6 Å². The van der Waals surface area contributed by atoms with E-state index in [0.29, 0.717) is 16.7 Å². The number of ether oxygens (including phenoxy) is 1. The molecular weight excluding hydrogens is 288 g/mol. The number of nitrogens with one attached hydrogen (secondary N) is 1. The highest BCUT2D eigenvalue weighted by Crippen LogP contribution is 2.30. The highest BCUT2D eigenvalue weighted by Gasteiger charge is 2.13. The van der Waals surface area contributed by atoms with Gasteiger partial charge in [0.1, 0.15) is 17.9 Å². The molecule has 3 rings (SSSR count). The van der Waals surface area contributed by atoms with E-state index >= 15 is 0 Å². The average molecular weight is 305 g/mol. The molecule has 0 radical (unpaired) electrons. The van der Waals surface area contributed by atoms with Crippen molar-refractivity contribution in [1.29, 1.82) is 0 Å². The number of rotatable bonds is 3. The first-order chi connectivity index (χ1) is 10.2. The van der Waals surface area contributed by atoms with Gasteiger partial charge in [0.15, 0.2) is 0 Å². The van der Waals surface area contributed by atoms with Gasteiger partial charge in [0.25, 0.3) is 0 Å². The maximum atomic E-state index is 6.15. The van der Waals surface area contributed by atoms with E-state index in [9.17, 15) is 0 Å². The second-order valence-corrected chi connectivity index (χ2v) is 5.39. The van der Waals surface area contributed by atoms with Crippen molar-refractivity contribution < 1.29 is 4.74 Å². The second-order valence-electron chi connectivity index (χ2n) is 4.99. The first-order valence-corrected chi connectivity index (χ1v) is 7.32. The van der Waals surface area contributed by atoms with E-state index in [2.05, 4.69) is 20.2 Å². The maximum absolute atomic E-state index is 6.15. The number of nitrogens with zero attached hydrogens (tertiary/aromatic N) is 3. The fraction of sp³-hybridized carbons (Fsp3) is 0.333. The number of piperazine rings is 1. The summed E-state index contributed by atoms with van der Waals surface area (Å²) in [6.07, 6.45) is 1.52. The predicted octanol–water partition coefficient (Wildman–Crippen LogP) is 2.64. The van der Waals surface area contributed by atoms with Gasteiger partial charge in [-0.1, -0.05) is 17.7 Å². The van der Waals surface area contributed by atoms with Crippen molar-refractivity contribution in [3.63, 3.8) is 0 Å². The van der Waals surface area contributed by atoms with Crippen LogP contribution in [0.25, 0.3) is 0 Å². The number of hydrogen-bond donors (Lipinski definition) is 1. The van der Waals surface area contributed by atoms with Gasteiger partial charge in [0.05, 0.1) is 5.02 Å². The molecule has 2 heterocycles. The molecule has 0 amide bonds. The van der Waals surface area contributed by atoms with Crippen LogP contribution in [0.15, 0.2) is 30.6 Å². The summed E-state index contributed by atoms with van der Waals surface area (Å²) in [7, 11) is 0. The fourth-order valence-corrected chi connectivity index (χ4v) is 2.41. The Hall–Kier alpha value is -1.85. The maximum Gasteiger partial charge on any atom is 0.224 e. The molecule has 1 saturated heterocycles. The van der Waals surface area contributed by atoms with Crippen LogP contribution in [0, 0.1) is 6.92 Å². The Kier molecular flexibility index (Phi) is 4.22. The number of aryl methyl sites for hydroxylation is 1. The molecule has 0 aliphatic carbocycles. The van der Waals surface area contributed by atoms with Gasteiger partial charge in [-0.2, -0.15) is 0 Å².